The zero-order valence-electron chi connectivity index (χ0n) is 21.1. The van der Waals surface area contributed by atoms with Gasteiger partial charge in [-0.2, -0.15) is 0 Å². The Labute approximate surface area is 222 Å². The molecule has 2 unspecified atom stereocenters. The number of rotatable bonds is 10. The van der Waals surface area contributed by atoms with Crippen molar-refractivity contribution >= 4 is 29.5 Å². The van der Waals surface area contributed by atoms with E-state index in [2.05, 4.69) is 17.6 Å². The lowest BCUT2D eigenvalue weighted by Gasteiger charge is -2.37. The van der Waals surface area contributed by atoms with Crippen LogP contribution in [0.15, 0.2) is 60.7 Å². The molecule has 3 heterocycles. The van der Waals surface area contributed by atoms with Crippen molar-refractivity contribution in [3.8, 4) is 0 Å². The molecule has 7 nitrogen and oxygen atoms in total. The van der Waals surface area contributed by atoms with Gasteiger partial charge in [0.25, 0.3) is 0 Å². The lowest BCUT2D eigenvalue weighted by atomic mass is 9.70. The number of likely N-dealkylation sites (tertiary alicyclic amines) is 1. The third-order valence-electron chi connectivity index (χ3n) is 8.12. The second kappa shape index (κ2) is 10.9. The van der Waals surface area contributed by atoms with Gasteiger partial charge < -0.3 is 20.6 Å². The van der Waals surface area contributed by atoms with Crippen molar-refractivity contribution < 1.29 is 19.5 Å². The lowest BCUT2D eigenvalue weighted by Crippen LogP contribution is -2.54. The third kappa shape index (κ3) is 4.55. The Morgan fingerprint density at radius 3 is 2.46 bits per heavy atom. The Balaban J connectivity index is 1.47. The largest absolute Gasteiger partial charge is 0.394 e. The highest BCUT2D eigenvalue weighted by Gasteiger charge is 2.74. The van der Waals surface area contributed by atoms with Crippen LogP contribution in [0.25, 0.3) is 0 Å². The SMILES string of the molecule is CCCCNC(=O)C1N([C@H](CO)c2ccccc2)C(=O)[C@@H]2[C@H](C(=O)NCc3ccccc3)[C@@H]3CCC12S3. The van der Waals surface area contributed by atoms with Crippen molar-refractivity contribution in [1.29, 1.82) is 0 Å². The van der Waals surface area contributed by atoms with Crippen LogP contribution in [-0.2, 0) is 20.9 Å². The molecule has 37 heavy (non-hydrogen) atoms. The zero-order valence-corrected chi connectivity index (χ0v) is 22.0. The van der Waals surface area contributed by atoms with Gasteiger partial charge in [-0.1, -0.05) is 74.0 Å². The number of amides is 3. The molecule has 0 radical (unpaired) electrons. The van der Waals surface area contributed by atoms with Crippen molar-refractivity contribution in [2.75, 3.05) is 13.2 Å². The van der Waals surface area contributed by atoms with Gasteiger partial charge in [-0.05, 0) is 30.4 Å². The average molecular weight is 522 g/mol. The van der Waals surface area contributed by atoms with E-state index >= 15 is 0 Å². The molecule has 1 spiro atoms. The van der Waals surface area contributed by atoms with E-state index in [-0.39, 0.29) is 29.6 Å². The van der Waals surface area contributed by atoms with E-state index in [0.717, 1.165) is 30.4 Å². The standard InChI is InChI=1S/C29H35N3O4S/c1-2-3-16-30-27(35)25-29-15-14-22(37-29)23(26(34)31-17-19-10-6-4-7-11-19)24(29)28(36)32(25)21(18-33)20-12-8-5-9-13-20/h4-13,21-25,33H,2-3,14-18H2,1H3,(H,30,35)(H,31,34)/t21-,22+,23-,24+,25?,29?/m1/s1. The summed E-state index contributed by atoms with van der Waals surface area (Å²) in [6.45, 7) is 2.71. The number of carbonyl (C=O) groups excluding carboxylic acids is 3. The number of hydrogen-bond donors (Lipinski definition) is 3. The number of benzene rings is 2. The van der Waals surface area contributed by atoms with Crippen LogP contribution in [0.2, 0.25) is 0 Å². The van der Waals surface area contributed by atoms with Gasteiger partial charge in [-0.25, -0.2) is 0 Å². The molecule has 3 fully saturated rings. The molecule has 0 aromatic heterocycles. The highest BCUT2D eigenvalue weighted by molar-refractivity contribution is 8.02. The molecular weight excluding hydrogens is 486 g/mol. The first-order valence-corrected chi connectivity index (χ1v) is 14.1. The number of nitrogens with one attached hydrogen (secondary N) is 2. The molecule has 2 aromatic carbocycles. The quantitative estimate of drug-likeness (QED) is 0.418. The Morgan fingerprint density at radius 2 is 1.78 bits per heavy atom. The van der Waals surface area contributed by atoms with Crippen LogP contribution in [0.4, 0.5) is 0 Å². The van der Waals surface area contributed by atoms with Gasteiger partial charge in [0, 0.05) is 18.3 Å². The summed E-state index contributed by atoms with van der Waals surface area (Å²) in [4.78, 5) is 43.1. The smallest absolute Gasteiger partial charge is 0.244 e. The van der Waals surface area contributed by atoms with Gasteiger partial charge in [0.15, 0.2) is 0 Å². The number of carbonyl (C=O) groups is 3. The molecule has 0 saturated carbocycles. The molecule has 3 saturated heterocycles. The number of thioether (sulfide) groups is 1. The van der Waals surface area contributed by atoms with Crippen molar-refractivity contribution in [1.82, 2.24) is 15.5 Å². The maximum Gasteiger partial charge on any atom is 0.244 e. The summed E-state index contributed by atoms with van der Waals surface area (Å²) in [5, 5.41) is 16.6. The molecule has 3 N–H and O–H groups in total. The summed E-state index contributed by atoms with van der Waals surface area (Å²) < 4.78 is -0.672. The van der Waals surface area contributed by atoms with Gasteiger partial charge >= 0.3 is 0 Å². The van der Waals surface area contributed by atoms with Crippen LogP contribution >= 0.6 is 11.8 Å². The first kappa shape index (κ1) is 25.8. The summed E-state index contributed by atoms with van der Waals surface area (Å²) in [5.74, 6) is -1.61. The van der Waals surface area contributed by atoms with Crippen LogP contribution in [0.5, 0.6) is 0 Å². The minimum absolute atomic E-state index is 0.00196. The first-order chi connectivity index (χ1) is 18.0. The van der Waals surface area contributed by atoms with Crippen LogP contribution in [0.3, 0.4) is 0 Å². The fourth-order valence-corrected chi connectivity index (χ4v) is 8.65. The maximum absolute atomic E-state index is 14.2. The number of fused-ring (bicyclic) bond motifs is 1. The number of hydrogen-bond acceptors (Lipinski definition) is 5. The Morgan fingerprint density at radius 1 is 1.08 bits per heavy atom. The van der Waals surface area contributed by atoms with Crippen LogP contribution in [-0.4, -0.2) is 56.9 Å². The zero-order chi connectivity index (χ0) is 26.0. The Hall–Kier alpha value is -2.84. The molecule has 2 aromatic rings. The van der Waals surface area contributed by atoms with E-state index < -0.39 is 28.7 Å². The molecule has 3 aliphatic rings. The summed E-state index contributed by atoms with van der Waals surface area (Å²) >= 11 is 1.65. The predicted octanol–water partition coefficient (Wildman–Crippen LogP) is 3.04. The van der Waals surface area contributed by atoms with Gasteiger partial charge in [-0.15, -0.1) is 11.8 Å². The number of aliphatic hydroxyl groups is 1. The third-order valence-corrected chi connectivity index (χ3v) is 10.1. The second-order valence-electron chi connectivity index (χ2n) is 10.3. The van der Waals surface area contributed by atoms with Crippen molar-refractivity contribution in [2.45, 2.75) is 61.2 Å². The fourth-order valence-electron chi connectivity index (χ4n) is 6.44. The molecule has 2 bridgehead atoms. The monoisotopic (exact) mass is 521 g/mol. The molecule has 3 amide bonds. The second-order valence-corrected chi connectivity index (χ2v) is 11.9. The van der Waals surface area contributed by atoms with Crippen molar-refractivity contribution in [3.63, 3.8) is 0 Å². The van der Waals surface area contributed by atoms with Crippen molar-refractivity contribution in [2.24, 2.45) is 11.8 Å². The van der Waals surface area contributed by atoms with Crippen LogP contribution < -0.4 is 10.6 Å². The van der Waals surface area contributed by atoms with Gasteiger partial charge in [0.1, 0.15) is 6.04 Å². The maximum atomic E-state index is 14.2. The summed E-state index contributed by atoms with van der Waals surface area (Å²) in [6, 6.07) is 17.7. The van der Waals surface area contributed by atoms with Gasteiger partial charge in [0.05, 0.1) is 29.2 Å². The minimum Gasteiger partial charge on any atom is -0.394 e. The van der Waals surface area contributed by atoms with E-state index in [4.69, 9.17) is 0 Å². The minimum atomic E-state index is -0.735. The topological polar surface area (TPSA) is 98.7 Å². The summed E-state index contributed by atoms with van der Waals surface area (Å²) in [5.41, 5.74) is 1.78. The van der Waals surface area contributed by atoms with Crippen molar-refractivity contribution in [3.05, 3.63) is 71.8 Å². The van der Waals surface area contributed by atoms with E-state index in [1.165, 1.54) is 0 Å². The van der Waals surface area contributed by atoms with Crippen LogP contribution in [0, 0.1) is 11.8 Å². The van der Waals surface area contributed by atoms with E-state index in [1.807, 2.05) is 60.7 Å². The number of nitrogens with zero attached hydrogens (tertiary/aromatic N) is 1. The Kier molecular flexibility index (Phi) is 7.58. The average Bonchev–Trinajstić information content (AvgIpc) is 3.57. The lowest BCUT2D eigenvalue weighted by molar-refractivity contribution is -0.143. The molecule has 196 valence electrons. The molecule has 0 aliphatic carbocycles. The van der Waals surface area contributed by atoms with Gasteiger partial charge in [0.2, 0.25) is 17.7 Å². The fraction of sp³-hybridized carbons (Fsp3) is 0.483. The molecule has 5 rings (SSSR count). The summed E-state index contributed by atoms with van der Waals surface area (Å²) in [7, 11) is 0. The first-order valence-electron chi connectivity index (χ1n) is 13.3. The van der Waals surface area contributed by atoms with Crippen LogP contribution in [0.1, 0.15) is 49.8 Å². The highest BCUT2D eigenvalue weighted by Crippen LogP contribution is 2.67. The number of aliphatic hydroxyl groups excluding tert-OH is 1. The molecule has 3 aliphatic heterocycles. The molecule has 8 heteroatoms. The summed E-state index contributed by atoms with van der Waals surface area (Å²) in [6.07, 6.45) is 3.30. The van der Waals surface area contributed by atoms with E-state index in [9.17, 15) is 19.5 Å². The molecule has 6 atom stereocenters. The highest BCUT2D eigenvalue weighted by atomic mass is 32.2. The normalized spacial score (nSPS) is 28.7. The number of unbranched alkanes of at least 4 members (excludes halogenated alkanes) is 1. The molecular formula is C29H35N3O4S. The van der Waals surface area contributed by atoms with Gasteiger partial charge in [-0.3, -0.25) is 14.4 Å². The van der Waals surface area contributed by atoms with E-state index in [1.54, 1.807) is 16.7 Å². The van der Waals surface area contributed by atoms with E-state index in [0.29, 0.717) is 19.5 Å². The predicted molar refractivity (Wildman–Crippen MR) is 143 cm³/mol. The Bertz CT molecular complexity index is 1130.